The molecule has 0 unspecified atom stereocenters. The minimum atomic E-state index is -1.02. The summed E-state index contributed by atoms with van der Waals surface area (Å²) in [4.78, 5) is 32.4. The van der Waals surface area contributed by atoms with Crippen molar-refractivity contribution >= 4 is 33.4 Å². The Balaban J connectivity index is 1.82. The van der Waals surface area contributed by atoms with Gasteiger partial charge in [-0.05, 0) is 38.1 Å². The lowest BCUT2D eigenvalue weighted by atomic mass is 10.1. The molecule has 0 fully saturated rings. The number of pyridine rings is 2. The van der Waals surface area contributed by atoms with E-state index < -0.39 is 23.0 Å². The normalized spacial score (nSPS) is 11.1. The number of anilines is 1. The summed E-state index contributed by atoms with van der Waals surface area (Å²) >= 11 is 0. The van der Waals surface area contributed by atoms with Gasteiger partial charge in [-0.2, -0.15) is 0 Å². The first-order valence-corrected chi connectivity index (χ1v) is 8.53. The van der Waals surface area contributed by atoms with Crippen LogP contribution >= 0.6 is 0 Å². The second kappa shape index (κ2) is 6.53. The van der Waals surface area contributed by atoms with Crippen LogP contribution in [0.1, 0.15) is 21.6 Å². The van der Waals surface area contributed by atoms with Gasteiger partial charge in [-0.1, -0.05) is 11.6 Å². The van der Waals surface area contributed by atoms with Crippen molar-refractivity contribution in [3.8, 4) is 0 Å². The third-order valence-corrected chi connectivity index (χ3v) is 4.48. The summed E-state index contributed by atoms with van der Waals surface area (Å²) in [5, 5.41) is 3.08. The first kappa shape index (κ1) is 17.8. The zero-order valence-corrected chi connectivity index (χ0v) is 15.1. The molecule has 28 heavy (non-hydrogen) atoms. The van der Waals surface area contributed by atoms with Crippen molar-refractivity contribution in [1.29, 1.82) is 0 Å². The van der Waals surface area contributed by atoms with E-state index in [1.165, 1.54) is 0 Å². The molecular weight excluding hydrogens is 364 g/mol. The van der Waals surface area contributed by atoms with Gasteiger partial charge >= 0.3 is 0 Å². The first-order valence-electron chi connectivity index (χ1n) is 8.53. The summed E-state index contributed by atoms with van der Waals surface area (Å²) in [5.41, 5.74) is 1.79. The lowest BCUT2D eigenvalue weighted by molar-refractivity contribution is 0.102. The van der Waals surface area contributed by atoms with Crippen LogP contribution in [0.3, 0.4) is 0 Å². The number of fused-ring (bicyclic) bond motifs is 2. The molecule has 0 saturated carbocycles. The number of amides is 1. The highest BCUT2D eigenvalue weighted by Gasteiger charge is 2.18. The molecule has 4 aromatic rings. The SMILES string of the molecule is Cc1ccc2nc(C)cc(NC(=O)c3c[nH]c4cc(F)cc(F)c4c3=O)c2c1. The van der Waals surface area contributed by atoms with Gasteiger partial charge < -0.3 is 10.3 Å². The number of carbonyl (C=O) groups excluding carboxylic acids is 1. The zero-order chi connectivity index (χ0) is 20.0. The molecule has 7 heteroatoms. The van der Waals surface area contributed by atoms with Gasteiger partial charge in [0.15, 0.2) is 0 Å². The number of rotatable bonds is 2. The maximum absolute atomic E-state index is 14.1. The topological polar surface area (TPSA) is 74.8 Å². The number of aromatic amines is 1. The molecule has 2 aromatic heterocycles. The van der Waals surface area contributed by atoms with Crippen molar-refractivity contribution < 1.29 is 13.6 Å². The van der Waals surface area contributed by atoms with Crippen LogP contribution in [0.5, 0.6) is 0 Å². The molecule has 0 atom stereocenters. The fraction of sp³-hybridized carbons (Fsp3) is 0.0952. The monoisotopic (exact) mass is 379 g/mol. The molecule has 0 aliphatic carbocycles. The largest absolute Gasteiger partial charge is 0.360 e. The Bertz CT molecular complexity index is 1330. The molecule has 5 nitrogen and oxygen atoms in total. The average molecular weight is 379 g/mol. The van der Waals surface area contributed by atoms with Crippen molar-refractivity contribution in [1.82, 2.24) is 9.97 Å². The summed E-state index contributed by atoms with van der Waals surface area (Å²) in [5.74, 6) is -2.53. The van der Waals surface area contributed by atoms with E-state index in [-0.39, 0.29) is 16.5 Å². The van der Waals surface area contributed by atoms with Crippen LogP contribution in [-0.2, 0) is 0 Å². The van der Waals surface area contributed by atoms with Crippen molar-refractivity contribution in [2.24, 2.45) is 0 Å². The number of H-pyrrole nitrogens is 1. The Morgan fingerprint density at radius 2 is 1.89 bits per heavy atom. The molecule has 4 rings (SSSR count). The second-order valence-corrected chi connectivity index (χ2v) is 6.63. The number of halogens is 2. The summed E-state index contributed by atoms with van der Waals surface area (Å²) in [7, 11) is 0. The van der Waals surface area contributed by atoms with Crippen molar-refractivity contribution in [3.05, 3.63) is 81.3 Å². The van der Waals surface area contributed by atoms with Gasteiger partial charge in [0.25, 0.3) is 5.91 Å². The Morgan fingerprint density at radius 1 is 1.11 bits per heavy atom. The number of aryl methyl sites for hydroxylation is 2. The highest BCUT2D eigenvalue weighted by atomic mass is 19.1. The van der Waals surface area contributed by atoms with Crippen LogP contribution < -0.4 is 10.7 Å². The molecule has 0 radical (unpaired) electrons. The molecule has 0 saturated heterocycles. The van der Waals surface area contributed by atoms with Crippen LogP contribution in [0.25, 0.3) is 21.8 Å². The molecular formula is C21H15F2N3O2. The fourth-order valence-electron chi connectivity index (χ4n) is 3.20. The number of carbonyl (C=O) groups is 1. The molecule has 0 aliphatic rings. The van der Waals surface area contributed by atoms with Crippen molar-refractivity contribution in [3.63, 3.8) is 0 Å². The van der Waals surface area contributed by atoms with Gasteiger partial charge in [-0.3, -0.25) is 14.6 Å². The van der Waals surface area contributed by atoms with E-state index in [1.807, 2.05) is 25.1 Å². The van der Waals surface area contributed by atoms with E-state index in [1.54, 1.807) is 13.0 Å². The fourth-order valence-corrected chi connectivity index (χ4v) is 3.20. The Hall–Kier alpha value is -3.61. The Morgan fingerprint density at radius 3 is 2.68 bits per heavy atom. The van der Waals surface area contributed by atoms with E-state index in [0.29, 0.717) is 23.0 Å². The predicted octanol–water partition coefficient (Wildman–Crippen LogP) is 4.22. The lowest BCUT2D eigenvalue weighted by Crippen LogP contribution is -2.22. The summed E-state index contributed by atoms with van der Waals surface area (Å²) in [6.07, 6.45) is 1.15. The van der Waals surface area contributed by atoms with E-state index in [2.05, 4.69) is 15.3 Å². The van der Waals surface area contributed by atoms with E-state index in [0.717, 1.165) is 23.2 Å². The Kier molecular flexibility index (Phi) is 4.15. The van der Waals surface area contributed by atoms with Gasteiger partial charge in [0.1, 0.15) is 17.2 Å². The third-order valence-electron chi connectivity index (χ3n) is 4.48. The van der Waals surface area contributed by atoms with Crippen molar-refractivity contribution in [2.45, 2.75) is 13.8 Å². The van der Waals surface area contributed by atoms with Crippen LogP contribution in [-0.4, -0.2) is 15.9 Å². The number of nitrogens with zero attached hydrogens (tertiary/aromatic N) is 1. The zero-order valence-electron chi connectivity index (χ0n) is 15.1. The van der Waals surface area contributed by atoms with E-state index in [4.69, 9.17) is 0 Å². The predicted molar refractivity (Wildman–Crippen MR) is 104 cm³/mol. The minimum Gasteiger partial charge on any atom is -0.360 e. The molecule has 0 bridgehead atoms. The summed E-state index contributed by atoms with van der Waals surface area (Å²) < 4.78 is 27.4. The van der Waals surface area contributed by atoms with Gasteiger partial charge in [0.2, 0.25) is 5.43 Å². The van der Waals surface area contributed by atoms with Gasteiger partial charge in [0.05, 0.1) is 22.1 Å². The lowest BCUT2D eigenvalue weighted by Gasteiger charge is -2.11. The molecule has 1 amide bonds. The second-order valence-electron chi connectivity index (χ2n) is 6.63. The van der Waals surface area contributed by atoms with Gasteiger partial charge in [-0.25, -0.2) is 8.78 Å². The third kappa shape index (κ3) is 3.00. The highest BCUT2D eigenvalue weighted by Crippen LogP contribution is 2.25. The van der Waals surface area contributed by atoms with Crippen LogP contribution in [0.4, 0.5) is 14.5 Å². The van der Waals surface area contributed by atoms with E-state index in [9.17, 15) is 18.4 Å². The number of hydrogen-bond donors (Lipinski definition) is 2. The maximum atomic E-state index is 14.1. The number of nitrogens with one attached hydrogen (secondary N) is 2. The van der Waals surface area contributed by atoms with Gasteiger partial charge in [0, 0.05) is 23.3 Å². The summed E-state index contributed by atoms with van der Waals surface area (Å²) in [6, 6.07) is 8.96. The minimum absolute atomic E-state index is 0.0140. The molecule has 140 valence electrons. The maximum Gasteiger partial charge on any atom is 0.261 e. The number of benzene rings is 2. The molecule has 2 heterocycles. The van der Waals surface area contributed by atoms with Crippen LogP contribution in [0, 0.1) is 25.5 Å². The van der Waals surface area contributed by atoms with Gasteiger partial charge in [-0.15, -0.1) is 0 Å². The first-order chi connectivity index (χ1) is 13.3. The van der Waals surface area contributed by atoms with Crippen molar-refractivity contribution in [2.75, 3.05) is 5.32 Å². The van der Waals surface area contributed by atoms with Crippen LogP contribution in [0.15, 0.2) is 47.4 Å². The number of hydrogen-bond acceptors (Lipinski definition) is 3. The van der Waals surface area contributed by atoms with E-state index >= 15 is 0 Å². The van der Waals surface area contributed by atoms with Crippen LogP contribution in [0.2, 0.25) is 0 Å². The standard InChI is InChI=1S/C21H15F2N3O2/c1-10-3-4-16-13(5-10)17(6-11(2)25-16)26-21(28)14-9-24-18-8-12(22)7-15(23)19(18)20(14)27/h3-9H,1-2H3,(H,24,27)(H,25,26,28). The molecule has 2 aromatic carbocycles. The summed E-state index contributed by atoms with van der Waals surface area (Å²) in [6.45, 7) is 3.71. The smallest absolute Gasteiger partial charge is 0.261 e. The molecule has 0 aliphatic heterocycles. The Labute approximate surface area is 158 Å². The number of aromatic nitrogens is 2. The average Bonchev–Trinajstić information content (AvgIpc) is 2.61. The highest BCUT2D eigenvalue weighted by molar-refractivity contribution is 6.09. The molecule has 2 N–H and O–H groups in total. The molecule has 0 spiro atoms. The quantitative estimate of drug-likeness (QED) is 0.547.